The van der Waals surface area contributed by atoms with Crippen LogP contribution in [0.5, 0.6) is 0 Å². The van der Waals surface area contributed by atoms with Crippen molar-refractivity contribution >= 4 is 51.7 Å². The number of halogens is 2. The fourth-order valence-corrected chi connectivity index (χ4v) is 2.64. The normalized spacial score (nSPS) is 11.8. The summed E-state index contributed by atoms with van der Waals surface area (Å²) in [4.78, 5) is 36.5. The molecule has 1 atom stereocenters. The average molecular weight is 406 g/mol. The molecule has 1 heterocycles. The van der Waals surface area contributed by atoms with Gasteiger partial charge in [-0.05, 0) is 37.3 Å². The van der Waals surface area contributed by atoms with E-state index in [9.17, 15) is 14.4 Å². The topological polar surface area (TPSA) is 85.6 Å². The van der Waals surface area contributed by atoms with E-state index in [1.54, 1.807) is 30.3 Å². The Balaban J connectivity index is 1.74. The molecule has 138 valence electrons. The summed E-state index contributed by atoms with van der Waals surface area (Å²) in [6, 6.07) is 12.1. The van der Waals surface area contributed by atoms with Crippen molar-refractivity contribution < 1.29 is 18.7 Å². The standard InChI is InChI=1S/C19H13Cl2NO5/c1-10(18(24)22-14-8-11(20)6-7-13(14)21)26-19(25)17-9-15(23)12-4-2-3-5-16(12)27-17/h2-10H,1H3,(H,22,24)/t10-/m0/s1. The third-order valence-corrected chi connectivity index (χ3v) is 4.24. The molecule has 27 heavy (non-hydrogen) atoms. The highest BCUT2D eigenvalue weighted by atomic mass is 35.5. The summed E-state index contributed by atoms with van der Waals surface area (Å²) < 4.78 is 10.5. The second-order valence-electron chi connectivity index (χ2n) is 5.63. The van der Waals surface area contributed by atoms with Crippen molar-refractivity contribution in [3.05, 3.63) is 74.6 Å². The van der Waals surface area contributed by atoms with Crippen molar-refractivity contribution in [3.8, 4) is 0 Å². The lowest BCUT2D eigenvalue weighted by atomic mass is 10.2. The maximum Gasteiger partial charge on any atom is 0.375 e. The minimum absolute atomic E-state index is 0.250. The van der Waals surface area contributed by atoms with Gasteiger partial charge in [0.05, 0.1) is 16.1 Å². The van der Waals surface area contributed by atoms with Crippen molar-refractivity contribution in [1.29, 1.82) is 0 Å². The smallest absolute Gasteiger partial charge is 0.375 e. The van der Waals surface area contributed by atoms with Crippen LogP contribution in [-0.2, 0) is 9.53 Å². The van der Waals surface area contributed by atoms with E-state index in [-0.39, 0.29) is 27.5 Å². The molecule has 0 saturated heterocycles. The number of ether oxygens (including phenoxy) is 1. The number of hydrogen-bond donors (Lipinski definition) is 1. The first-order valence-corrected chi connectivity index (χ1v) is 8.60. The highest BCUT2D eigenvalue weighted by Crippen LogP contribution is 2.25. The molecular formula is C19H13Cl2NO5. The van der Waals surface area contributed by atoms with Crippen molar-refractivity contribution in [2.75, 3.05) is 5.32 Å². The van der Waals surface area contributed by atoms with Crippen LogP contribution in [-0.4, -0.2) is 18.0 Å². The molecule has 0 bridgehead atoms. The molecule has 1 amide bonds. The van der Waals surface area contributed by atoms with E-state index in [0.29, 0.717) is 10.4 Å². The van der Waals surface area contributed by atoms with Gasteiger partial charge in [0.1, 0.15) is 5.58 Å². The summed E-state index contributed by atoms with van der Waals surface area (Å²) in [5.74, 6) is -1.84. The Kier molecular flexibility index (Phi) is 5.48. The van der Waals surface area contributed by atoms with Gasteiger partial charge in [0.25, 0.3) is 5.91 Å². The lowest BCUT2D eigenvalue weighted by Crippen LogP contribution is -2.30. The van der Waals surface area contributed by atoms with Crippen LogP contribution in [0, 0.1) is 0 Å². The lowest BCUT2D eigenvalue weighted by molar-refractivity contribution is -0.123. The summed E-state index contributed by atoms with van der Waals surface area (Å²) in [5, 5.41) is 3.54. The molecule has 0 radical (unpaired) electrons. The highest BCUT2D eigenvalue weighted by Gasteiger charge is 2.22. The van der Waals surface area contributed by atoms with E-state index in [1.165, 1.54) is 19.1 Å². The number of esters is 1. The number of nitrogens with one attached hydrogen (secondary N) is 1. The van der Waals surface area contributed by atoms with Gasteiger partial charge in [-0.1, -0.05) is 35.3 Å². The zero-order chi connectivity index (χ0) is 19.6. The zero-order valence-corrected chi connectivity index (χ0v) is 15.5. The molecule has 2 aromatic carbocycles. The maximum absolute atomic E-state index is 12.2. The number of rotatable bonds is 4. The number of anilines is 1. The number of hydrogen-bond acceptors (Lipinski definition) is 5. The summed E-state index contributed by atoms with van der Waals surface area (Å²) in [5.41, 5.74) is 0.153. The third kappa shape index (κ3) is 4.30. The molecule has 6 nitrogen and oxygen atoms in total. The fraction of sp³-hybridized carbons (Fsp3) is 0.105. The van der Waals surface area contributed by atoms with Gasteiger partial charge in [-0.25, -0.2) is 4.79 Å². The summed E-state index contributed by atoms with van der Waals surface area (Å²) in [6.07, 6.45) is -1.16. The number of carbonyl (C=O) groups is 2. The summed E-state index contributed by atoms with van der Waals surface area (Å²) in [6.45, 7) is 1.38. The van der Waals surface area contributed by atoms with Gasteiger partial charge >= 0.3 is 5.97 Å². The Labute approximate surface area is 163 Å². The summed E-state index contributed by atoms with van der Waals surface area (Å²) in [7, 11) is 0. The SMILES string of the molecule is C[C@H](OC(=O)c1cc(=O)c2ccccc2o1)C(=O)Nc1cc(Cl)ccc1Cl. The first-order valence-electron chi connectivity index (χ1n) is 7.85. The van der Waals surface area contributed by atoms with Crippen molar-refractivity contribution in [3.63, 3.8) is 0 Å². The molecule has 0 aliphatic heterocycles. The monoisotopic (exact) mass is 405 g/mol. The lowest BCUT2D eigenvalue weighted by Gasteiger charge is -2.14. The van der Waals surface area contributed by atoms with Gasteiger partial charge < -0.3 is 14.5 Å². The molecule has 0 aliphatic rings. The van der Waals surface area contributed by atoms with Gasteiger partial charge in [0.15, 0.2) is 11.5 Å². The molecule has 0 spiro atoms. The van der Waals surface area contributed by atoms with E-state index >= 15 is 0 Å². The van der Waals surface area contributed by atoms with Crippen LogP contribution in [0.1, 0.15) is 17.5 Å². The predicted octanol–water partition coefficient (Wildman–Crippen LogP) is 4.28. The molecule has 8 heteroatoms. The van der Waals surface area contributed by atoms with Crippen LogP contribution in [0.3, 0.4) is 0 Å². The van der Waals surface area contributed by atoms with E-state index in [0.717, 1.165) is 6.07 Å². The van der Waals surface area contributed by atoms with E-state index in [2.05, 4.69) is 5.32 Å². The second-order valence-corrected chi connectivity index (χ2v) is 6.48. The minimum atomic E-state index is -1.16. The average Bonchev–Trinajstić information content (AvgIpc) is 2.64. The molecule has 3 aromatic rings. The first-order chi connectivity index (χ1) is 12.8. The van der Waals surface area contributed by atoms with Gasteiger partial charge in [-0.2, -0.15) is 0 Å². The van der Waals surface area contributed by atoms with E-state index < -0.39 is 18.0 Å². The zero-order valence-electron chi connectivity index (χ0n) is 14.0. The van der Waals surface area contributed by atoms with Gasteiger partial charge in [0.2, 0.25) is 5.76 Å². The number of benzene rings is 2. The minimum Gasteiger partial charge on any atom is -0.449 e. The Hall–Kier alpha value is -2.83. The number of para-hydroxylation sites is 1. The second kappa shape index (κ2) is 7.82. The molecule has 0 fully saturated rings. The molecule has 1 N–H and O–H groups in total. The first kappa shape index (κ1) is 18.9. The Bertz CT molecular complexity index is 1090. The number of amides is 1. The fourth-order valence-electron chi connectivity index (χ4n) is 2.30. The van der Waals surface area contributed by atoms with Crippen LogP contribution in [0.25, 0.3) is 11.0 Å². The van der Waals surface area contributed by atoms with Crippen molar-refractivity contribution in [1.82, 2.24) is 0 Å². The number of carbonyl (C=O) groups excluding carboxylic acids is 2. The van der Waals surface area contributed by atoms with Gasteiger partial charge in [-0.15, -0.1) is 0 Å². The summed E-state index contributed by atoms with van der Waals surface area (Å²) >= 11 is 11.9. The maximum atomic E-state index is 12.2. The Morgan fingerprint density at radius 2 is 1.85 bits per heavy atom. The quantitative estimate of drug-likeness (QED) is 0.654. The van der Waals surface area contributed by atoms with Crippen LogP contribution in [0.2, 0.25) is 10.0 Å². The Morgan fingerprint density at radius 3 is 2.63 bits per heavy atom. The van der Waals surface area contributed by atoms with E-state index in [1.807, 2.05) is 0 Å². The van der Waals surface area contributed by atoms with Crippen LogP contribution >= 0.6 is 23.2 Å². The van der Waals surface area contributed by atoms with E-state index in [4.69, 9.17) is 32.4 Å². The van der Waals surface area contributed by atoms with Crippen LogP contribution in [0.4, 0.5) is 5.69 Å². The molecule has 3 rings (SSSR count). The molecular weight excluding hydrogens is 393 g/mol. The third-order valence-electron chi connectivity index (χ3n) is 3.68. The largest absolute Gasteiger partial charge is 0.449 e. The molecule has 0 aliphatic carbocycles. The Morgan fingerprint density at radius 1 is 1.11 bits per heavy atom. The van der Waals surface area contributed by atoms with Crippen LogP contribution < -0.4 is 10.7 Å². The van der Waals surface area contributed by atoms with Gasteiger partial charge in [0, 0.05) is 11.1 Å². The molecule has 1 aromatic heterocycles. The van der Waals surface area contributed by atoms with Crippen molar-refractivity contribution in [2.24, 2.45) is 0 Å². The molecule has 0 unspecified atom stereocenters. The van der Waals surface area contributed by atoms with Crippen LogP contribution in [0.15, 0.2) is 57.7 Å². The van der Waals surface area contributed by atoms with Crippen molar-refractivity contribution in [2.45, 2.75) is 13.0 Å². The number of fused-ring (bicyclic) bond motifs is 1. The highest BCUT2D eigenvalue weighted by molar-refractivity contribution is 6.35. The predicted molar refractivity (Wildman–Crippen MR) is 102 cm³/mol. The molecule has 0 saturated carbocycles. The van der Waals surface area contributed by atoms with Gasteiger partial charge in [-0.3, -0.25) is 9.59 Å².